The SMILES string of the molecule is CCOC(=O)c1ccc2c(c1)c1c(n2CCCNCc2ccccc2)CCCC1. The summed E-state index contributed by atoms with van der Waals surface area (Å²) in [5.41, 5.74) is 6.15. The highest BCUT2D eigenvalue weighted by atomic mass is 16.5. The van der Waals surface area contributed by atoms with E-state index in [2.05, 4.69) is 46.3 Å². The van der Waals surface area contributed by atoms with Crippen LogP contribution in [0.3, 0.4) is 0 Å². The lowest BCUT2D eigenvalue weighted by Gasteiger charge is -2.16. The second kappa shape index (κ2) is 9.27. The van der Waals surface area contributed by atoms with Gasteiger partial charge in [-0.2, -0.15) is 0 Å². The molecule has 0 spiro atoms. The van der Waals surface area contributed by atoms with Crippen LogP contribution in [0, 0.1) is 0 Å². The summed E-state index contributed by atoms with van der Waals surface area (Å²) in [6.45, 7) is 5.16. The molecular formula is C25H30N2O2. The molecule has 4 heteroatoms. The fraction of sp³-hybridized carbons (Fsp3) is 0.400. The van der Waals surface area contributed by atoms with Crippen LogP contribution >= 0.6 is 0 Å². The minimum absolute atomic E-state index is 0.225. The van der Waals surface area contributed by atoms with Gasteiger partial charge in [0.15, 0.2) is 0 Å². The van der Waals surface area contributed by atoms with Gasteiger partial charge in [-0.25, -0.2) is 4.79 Å². The number of benzene rings is 2. The van der Waals surface area contributed by atoms with Gasteiger partial charge >= 0.3 is 5.97 Å². The van der Waals surface area contributed by atoms with Gasteiger partial charge in [-0.05, 0) is 74.9 Å². The zero-order chi connectivity index (χ0) is 20.1. The lowest BCUT2D eigenvalue weighted by atomic mass is 9.95. The Morgan fingerprint density at radius 2 is 1.93 bits per heavy atom. The molecule has 1 heterocycles. The molecule has 0 radical (unpaired) electrons. The molecule has 1 aliphatic rings. The summed E-state index contributed by atoms with van der Waals surface area (Å²) >= 11 is 0. The van der Waals surface area contributed by atoms with Gasteiger partial charge in [0.25, 0.3) is 0 Å². The molecule has 1 N–H and O–H groups in total. The summed E-state index contributed by atoms with van der Waals surface area (Å²) in [4.78, 5) is 12.2. The molecule has 0 saturated heterocycles. The molecule has 0 bridgehead atoms. The third-order valence-electron chi connectivity index (χ3n) is 5.80. The van der Waals surface area contributed by atoms with Gasteiger partial charge in [0.1, 0.15) is 0 Å². The molecule has 4 nitrogen and oxygen atoms in total. The molecule has 0 fully saturated rings. The molecule has 29 heavy (non-hydrogen) atoms. The first-order valence-corrected chi connectivity index (χ1v) is 10.8. The number of carbonyl (C=O) groups is 1. The number of ether oxygens (including phenoxy) is 1. The molecule has 0 saturated carbocycles. The molecule has 1 aliphatic carbocycles. The van der Waals surface area contributed by atoms with Crippen LogP contribution in [0.15, 0.2) is 48.5 Å². The number of hydrogen-bond donors (Lipinski definition) is 1. The maximum absolute atomic E-state index is 12.2. The van der Waals surface area contributed by atoms with Crippen molar-refractivity contribution in [1.82, 2.24) is 9.88 Å². The maximum atomic E-state index is 12.2. The largest absolute Gasteiger partial charge is 0.462 e. The smallest absolute Gasteiger partial charge is 0.338 e. The second-order valence-corrected chi connectivity index (χ2v) is 7.75. The van der Waals surface area contributed by atoms with E-state index in [0.717, 1.165) is 38.9 Å². The summed E-state index contributed by atoms with van der Waals surface area (Å²) < 4.78 is 7.69. The Hall–Kier alpha value is -2.59. The average Bonchev–Trinajstić information content (AvgIpc) is 3.08. The minimum Gasteiger partial charge on any atom is -0.462 e. The Morgan fingerprint density at radius 3 is 2.76 bits per heavy atom. The van der Waals surface area contributed by atoms with Crippen molar-refractivity contribution in [3.05, 3.63) is 70.9 Å². The Bertz CT molecular complexity index is 975. The predicted molar refractivity (Wildman–Crippen MR) is 117 cm³/mol. The number of esters is 1. The van der Waals surface area contributed by atoms with Gasteiger partial charge in [-0.15, -0.1) is 0 Å². The third-order valence-corrected chi connectivity index (χ3v) is 5.80. The van der Waals surface area contributed by atoms with E-state index in [1.807, 2.05) is 19.1 Å². The van der Waals surface area contributed by atoms with Crippen molar-refractivity contribution < 1.29 is 9.53 Å². The molecular weight excluding hydrogens is 360 g/mol. The first-order chi connectivity index (χ1) is 14.3. The van der Waals surface area contributed by atoms with Crippen LogP contribution in [-0.4, -0.2) is 23.7 Å². The van der Waals surface area contributed by atoms with E-state index in [0.29, 0.717) is 12.2 Å². The quantitative estimate of drug-likeness (QED) is 0.440. The Morgan fingerprint density at radius 1 is 1.10 bits per heavy atom. The molecule has 1 aromatic heterocycles. The van der Waals surface area contributed by atoms with E-state index < -0.39 is 0 Å². The highest BCUT2D eigenvalue weighted by Crippen LogP contribution is 2.33. The highest BCUT2D eigenvalue weighted by molar-refractivity contribution is 5.96. The molecule has 0 amide bonds. The van der Waals surface area contributed by atoms with Crippen LogP contribution in [0.2, 0.25) is 0 Å². The summed E-state index contributed by atoms with van der Waals surface area (Å²) in [5.74, 6) is -0.225. The van der Waals surface area contributed by atoms with Gasteiger partial charge in [0.05, 0.1) is 12.2 Å². The van der Waals surface area contributed by atoms with Gasteiger partial charge in [-0.1, -0.05) is 30.3 Å². The minimum atomic E-state index is -0.225. The molecule has 4 rings (SSSR count). The van der Waals surface area contributed by atoms with Crippen molar-refractivity contribution >= 4 is 16.9 Å². The van der Waals surface area contributed by atoms with E-state index in [1.54, 1.807) is 0 Å². The van der Waals surface area contributed by atoms with E-state index in [1.165, 1.54) is 40.6 Å². The fourth-order valence-electron chi connectivity index (χ4n) is 4.42. The standard InChI is InChI=1S/C25H30N2O2/c1-2-29-25(28)20-13-14-24-22(17-20)21-11-6-7-12-23(21)27(24)16-8-15-26-18-19-9-4-3-5-10-19/h3-5,9-10,13-14,17,26H,2,6-8,11-12,15-16,18H2,1H3. The van der Waals surface area contributed by atoms with Crippen molar-refractivity contribution in [2.45, 2.75) is 52.1 Å². The van der Waals surface area contributed by atoms with Crippen LogP contribution in [0.4, 0.5) is 0 Å². The van der Waals surface area contributed by atoms with Crippen LogP contribution in [-0.2, 0) is 30.7 Å². The molecule has 0 aliphatic heterocycles. The zero-order valence-corrected chi connectivity index (χ0v) is 17.2. The van der Waals surface area contributed by atoms with E-state index >= 15 is 0 Å². The normalized spacial score (nSPS) is 13.4. The molecule has 0 unspecified atom stereocenters. The van der Waals surface area contributed by atoms with E-state index in [4.69, 9.17) is 4.74 Å². The number of aromatic nitrogens is 1. The topological polar surface area (TPSA) is 43.3 Å². The Labute approximate surface area is 172 Å². The Kier molecular flexibility index (Phi) is 6.30. The van der Waals surface area contributed by atoms with Crippen molar-refractivity contribution in [3.63, 3.8) is 0 Å². The van der Waals surface area contributed by atoms with Crippen LogP contribution < -0.4 is 5.32 Å². The number of rotatable bonds is 8. The lowest BCUT2D eigenvalue weighted by molar-refractivity contribution is 0.0526. The van der Waals surface area contributed by atoms with Gasteiger partial charge < -0.3 is 14.6 Å². The number of nitrogens with one attached hydrogen (secondary N) is 1. The fourth-order valence-corrected chi connectivity index (χ4v) is 4.42. The van der Waals surface area contributed by atoms with Gasteiger partial charge in [0, 0.05) is 29.7 Å². The van der Waals surface area contributed by atoms with Crippen LogP contribution in [0.25, 0.3) is 10.9 Å². The third kappa shape index (κ3) is 4.38. The molecule has 2 aromatic carbocycles. The van der Waals surface area contributed by atoms with Crippen LogP contribution in [0.1, 0.15) is 53.4 Å². The van der Waals surface area contributed by atoms with Gasteiger partial charge in [-0.3, -0.25) is 0 Å². The van der Waals surface area contributed by atoms with E-state index in [-0.39, 0.29) is 5.97 Å². The number of nitrogens with zero attached hydrogens (tertiary/aromatic N) is 1. The first kappa shape index (κ1) is 19.7. The monoisotopic (exact) mass is 390 g/mol. The number of carbonyl (C=O) groups excluding carboxylic acids is 1. The summed E-state index contributed by atoms with van der Waals surface area (Å²) in [5, 5.41) is 4.79. The number of hydrogen-bond acceptors (Lipinski definition) is 3. The van der Waals surface area contributed by atoms with E-state index in [9.17, 15) is 4.79 Å². The molecule has 0 atom stereocenters. The average molecular weight is 391 g/mol. The van der Waals surface area contributed by atoms with Crippen molar-refractivity contribution in [3.8, 4) is 0 Å². The molecule has 3 aromatic rings. The van der Waals surface area contributed by atoms with Crippen molar-refractivity contribution in [1.29, 1.82) is 0 Å². The summed E-state index contributed by atoms with van der Waals surface area (Å²) in [7, 11) is 0. The summed E-state index contributed by atoms with van der Waals surface area (Å²) in [6, 6.07) is 16.6. The van der Waals surface area contributed by atoms with Crippen molar-refractivity contribution in [2.75, 3.05) is 13.2 Å². The predicted octanol–water partition coefficient (Wildman–Crippen LogP) is 4.88. The maximum Gasteiger partial charge on any atom is 0.338 e. The second-order valence-electron chi connectivity index (χ2n) is 7.75. The summed E-state index contributed by atoms with van der Waals surface area (Å²) in [6.07, 6.45) is 5.81. The lowest BCUT2D eigenvalue weighted by Crippen LogP contribution is -2.17. The van der Waals surface area contributed by atoms with Crippen LogP contribution in [0.5, 0.6) is 0 Å². The van der Waals surface area contributed by atoms with Crippen molar-refractivity contribution in [2.24, 2.45) is 0 Å². The zero-order valence-electron chi connectivity index (χ0n) is 17.2. The molecule has 152 valence electrons. The number of aryl methyl sites for hydroxylation is 2. The highest BCUT2D eigenvalue weighted by Gasteiger charge is 2.21. The van der Waals surface area contributed by atoms with Gasteiger partial charge in [0.2, 0.25) is 0 Å². The number of fused-ring (bicyclic) bond motifs is 3. The Balaban J connectivity index is 1.48. The first-order valence-electron chi connectivity index (χ1n) is 10.8.